The second-order valence-electron chi connectivity index (χ2n) is 6.75. The van der Waals surface area contributed by atoms with Crippen LogP contribution in [0, 0.1) is 5.92 Å². The Balaban J connectivity index is 1.73. The van der Waals surface area contributed by atoms with Gasteiger partial charge in [0.2, 0.25) is 0 Å². The summed E-state index contributed by atoms with van der Waals surface area (Å²) < 4.78 is 15.7. The molecule has 2 aromatic rings. The van der Waals surface area contributed by atoms with Crippen LogP contribution in [0.1, 0.15) is 33.6 Å². The first-order valence-electron chi connectivity index (χ1n) is 9.27. The summed E-state index contributed by atoms with van der Waals surface area (Å²) in [6.07, 6.45) is 1.58. The van der Waals surface area contributed by atoms with Crippen molar-refractivity contribution in [2.75, 3.05) is 34.4 Å². The van der Waals surface area contributed by atoms with E-state index in [9.17, 15) is 9.59 Å². The maximum absolute atomic E-state index is 13.0. The summed E-state index contributed by atoms with van der Waals surface area (Å²) in [6, 6.07) is 12.2. The topological polar surface area (TPSA) is 65.1 Å². The van der Waals surface area contributed by atoms with Crippen molar-refractivity contribution in [1.82, 2.24) is 4.90 Å². The van der Waals surface area contributed by atoms with Gasteiger partial charge in [-0.1, -0.05) is 0 Å². The molecule has 1 unspecified atom stereocenters. The minimum Gasteiger partial charge on any atom is -0.497 e. The number of ketones is 1. The molecule has 0 spiro atoms. The van der Waals surface area contributed by atoms with Crippen LogP contribution in [0.25, 0.3) is 0 Å². The molecule has 148 valence electrons. The van der Waals surface area contributed by atoms with E-state index < -0.39 is 0 Å². The maximum atomic E-state index is 13.0. The van der Waals surface area contributed by atoms with Crippen molar-refractivity contribution in [2.24, 2.45) is 5.92 Å². The summed E-state index contributed by atoms with van der Waals surface area (Å²) in [4.78, 5) is 27.6. The van der Waals surface area contributed by atoms with Crippen molar-refractivity contribution in [2.45, 2.75) is 12.8 Å². The van der Waals surface area contributed by atoms with Gasteiger partial charge in [-0.25, -0.2) is 0 Å². The molecular formula is C22H25NO5. The van der Waals surface area contributed by atoms with E-state index >= 15 is 0 Å². The van der Waals surface area contributed by atoms with Gasteiger partial charge in [-0.05, 0) is 55.3 Å². The Kier molecular flexibility index (Phi) is 6.19. The number of carbonyl (C=O) groups is 2. The zero-order valence-electron chi connectivity index (χ0n) is 16.4. The molecule has 1 amide bonds. The fraction of sp³-hybridized carbons (Fsp3) is 0.364. The highest BCUT2D eigenvalue weighted by Gasteiger charge is 2.29. The number of methoxy groups -OCH3 is 3. The van der Waals surface area contributed by atoms with E-state index in [4.69, 9.17) is 14.2 Å². The number of rotatable bonds is 6. The van der Waals surface area contributed by atoms with Crippen LogP contribution in [-0.2, 0) is 0 Å². The molecule has 2 aromatic carbocycles. The molecule has 1 atom stereocenters. The number of hydrogen-bond acceptors (Lipinski definition) is 5. The van der Waals surface area contributed by atoms with Crippen molar-refractivity contribution in [3.8, 4) is 17.2 Å². The fourth-order valence-corrected chi connectivity index (χ4v) is 3.52. The minimum atomic E-state index is -0.203. The summed E-state index contributed by atoms with van der Waals surface area (Å²) in [5, 5.41) is 0. The maximum Gasteiger partial charge on any atom is 0.254 e. The third-order valence-corrected chi connectivity index (χ3v) is 5.08. The number of hydrogen-bond donors (Lipinski definition) is 0. The zero-order valence-corrected chi connectivity index (χ0v) is 16.4. The molecule has 1 aliphatic rings. The molecule has 3 rings (SSSR count). The molecule has 1 saturated heterocycles. The molecule has 6 heteroatoms. The lowest BCUT2D eigenvalue weighted by molar-refractivity contribution is 0.0636. The second kappa shape index (κ2) is 8.78. The number of carbonyl (C=O) groups excluding carboxylic acids is 2. The van der Waals surface area contributed by atoms with Gasteiger partial charge >= 0.3 is 0 Å². The minimum absolute atomic E-state index is 0.0625. The number of benzene rings is 2. The highest BCUT2D eigenvalue weighted by Crippen LogP contribution is 2.29. The standard InChI is InChI=1S/C22H25NO5/c1-26-18-9-6-15(7-10-18)21(24)17-5-4-12-23(14-17)22(25)16-8-11-19(27-2)20(13-16)28-3/h6-11,13,17H,4-5,12,14H2,1-3H3. The van der Waals surface area contributed by atoms with E-state index in [1.165, 1.54) is 7.11 Å². The number of likely N-dealkylation sites (tertiary alicyclic amines) is 1. The zero-order chi connectivity index (χ0) is 20.1. The average molecular weight is 383 g/mol. The molecule has 0 N–H and O–H groups in total. The van der Waals surface area contributed by atoms with E-state index in [1.807, 2.05) is 0 Å². The normalized spacial score (nSPS) is 16.4. The molecule has 6 nitrogen and oxygen atoms in total. The van der Waals surface area contributed by atoms with Crippen molar-refractivity contribution < 1.29 is 23.8 Å². The lowest BCUT2D eigenvalue weighted by Gasteiger charge is -2.32. The Morgan fingerprint density at radius 2 is 1.57 bits per heavy atom. The predicted octanol–water partition coefficient (Wildman–Crippen LogP) is 3.45. The summed E-state index contributed by atoms with van der Waals surface area (Å²) in [7, 11) is 4.69. The monoisotopic (exact) mass is 383 g/mol. The van der Waals surface area contributed by atoms with Gasteiger partial charge in [-0.2, -0.15) is 0 Å². The number of amides is 1. The van der Waals surface area contributed by atoms with E-state index in [0.717, 1.165) is 12.8 Å². The largest absolute Gasteiger partial charge is 0.497 e. The number of piperidine rings is 1. The lowest BCUT2D eigenvalue weighted by Crippen LogP contribution is -2.42. The third kappa shape index (κ3) is 4.11. The van der Waals surface area contributed by atoms with E-state index in [1.54, 1.807) is 61.6 Å². The van der Waals surface area contributed by atoms with Gasteiger partial charge in [-0.15, -0.1) is 0 Å². The first kappa shape index (κ1) is 19.7. The van der Waals surface area contributed by atoms with Gasteiger partial charge in [0.25, 0.3) is 5.91 Å². The van der Waals surface area contributed by atoms with Crippen LogP contribution in [0.4, 0.5) is 0 Å². The van der Waals surface area contributed by atoms with Gasteiger partial charge in [0.05, 0.1) is 21.3 Å². The molecule has 0 saturated carbocycles. The molecule has 0 aliphatic carbocycles. The van der Waals surface area contributed by atoms with Crippen LogP contribution in [0.2, 0.25) is 0 Å². The highest BCUT2D eigenvalue weighted by molar-refractivity contribution is 5.99. The van der Waals surface area contributed by atoms with Gasteiger partial charge in [-0.3, -0.25) is 9.59 Å². The first-order chi connectivity index (χ1) is 13.6. The van der Waals surface area contributed by atoms with Crippen molar-refractivity contribution in [3.05, 3.63) is 53.6 Å². The van der Waals surface area contributed by atoms with Crippen LogP contribution < -0.4 is 14.2 Å². The Morgan fingerprint density at radius 3 is 2.21 bits per heavy atom. The fourth-order valence-electron chi connectivity index (χ4n) is 3.52. The predicted molar refractivity (Wildman–Crippen MR) is 105 cm³/mol. The molecule has 1 aliphatic heterocycles. The van der Waals surface area contributed by atoms with Crippen molar-refractivity contribution in [3.63, 3.8) is 0 Å². The van der Waals surface area contributed by atoms with Crippen LogP contribution in [0.5, 0.6) is 17.2 Å². The van der Waals surface area contributed by atoms with Crippen molar-refractivity contribution in [1.29, 1.82) is 0 Å². The summed E-state index contributed by atoms with van der Waals surface area (Å²) in [5.41, 5.74) is 1.17. The van der Waals surface area contributed by atoms with Crippen LogP contribution in [0.15, 0.2) is 42.5 Å². The second-order valence-corrected chi connectivity index (χ2v) is 6.75. The average Bonchev–Trinajstić information content (AvgIpc) is 2.77. The van der Waals surface area contributed by atoms with Gasteiger partial charge < -0.3 is 19.1 Å². The summed E-state index contributed by atoms with van der Waals surface area (Å²) in [6.45, 7) is 1.05. The summed E-state index contributed by atoms with van der Waals surface area (Å²) in [5.74, 6) is 1.55. The number of ether oxygens (including phenoxy) is 3. The Morgan fingerprint density at radius 1 is 0.893 bits per heavy atom. The Labute approximate surface area is 165 Å². The SMILES string of the molecule is COc1ccc(C(=O)C2CCCN(C(=O)c3ccc(OC)c(OC)c3)C2)cc1. The third-order valence-electron chi connectivity index (χ3n) is 5.08. The molecule has 28 heavy (non-hydrogen) atoms. The van der Waals surface area contributed by atoms with Crippen LogP contribution in [0.3, 0.4) is 0 Å². The highest BCUT2D eigenvalue weighted by atomic mass is 16.5. The van der Waals surface area contributed by atoms with Crippen molar-refractivity contribution >= 4 is 11.7 Å². The lowest BCUT2D eigenvalue weighted by atomic mass is 9.89. The Hall–Kier alpha value is -3.02. The number of Topliss-reactive ketones (excluding diaryl/α,β-unsaturated/α-hetero) is 1. The molecule has 0 bridgehead atoms. The molecule has 1 heterocycles. The summed E-state index contributed by atoms with van der Waals surface area (Å²) >= 11 is 0. The van der Waals surface area contributed by atoms with E-state index in [0.29, 0.717) is 41.5 Å². The smallest absolute Gasteiger partial charge is 0.254 e. The van der Waals surface area contributed by atoms with E-state index in [2.05, 4.69) is 0 Å². The molecule has 1 fully saturated rings. The molecule has 0 aromatic heterocycles. The first-order valence-corrected chi connectivity index (χ1v) is 9.27. The Bertz CT molecular complexity index is 847. The molecule has 0 radical (unpaired) electrons. The van der Waals surface area contributed by atoms with Crippen LogP contribution >= 0.6 is 0 Å². The van der Waals surface area contributed by atoms with Gasteiger partial charge in [0.1, 0.15) is 5.75 Å². The quantitative estimate of drug-likeness (QED) is 0.715. The number of nitrogens with zero attached hydrogens (tertiary/aromatic N) is 1. The van der Waals surface area contributed by atoms with E-state index in [-0.39, 0.29) is 17.6 Å². The van der Waals surface area contributed by atoms with Gasteiger partial charge in [0, 0.05) is 30.1 Å². The molecular weight excluding hydrogens is 358 g/mol. The van der Waals surface area contributed by atoms with Crippen LogP contribution in [-0.4, -0.2) is 51.0 Å². The van der Waals surface area contributed by atoms with Gasteiger partial charge in [0.15, 0.2) is 17.3 Å².